The van der Waals surface area contributed by atoms with Crippen molar-refractivity contribution in [1.29, 1.82) is 0 Å². The summed E-state index contributed by atoms with van der Waals surface area (Å²) in [6.45, 7) is 3.51. The van der Waals surface area contributed by atoms with Gasteiger partial charge in [-0.05, 0) is 30.0 Å². The summed E-state index contributed by atoms with van der Waals surface area (Å²) in [5, 5.41) is 8.51. The van der Waals surface area contributed by atoms with Crippen molar-refractivity contribution in [2.24, 2.45) is 13.0 Å². The van der Waals surface area contributed by atoms with Gasteiger partial charge in [0.1, 0.15) is 12.4 Å². The lowest BCUT2D eigenvalue weighted by molar-refractivity contribution is 0.175. The van der Waals surface area contributed by atoms with Gasteiger partial charge in [0, 0.05) is 20.7 Å². The first-order valence-electron chi connectivity index (χ1n) is 7.51. The average molecular weight is 304 g/mol. The number of halogens is 1. The fourth-order valence-electron chi connectivity index (χ4n) is 3.23. The maximum absolute atomic E-state index is 13.6. The zero-order chi connectivity index (χ0) is 15.7. The zero-order valence-electron chi connectivity index (χ0n) is 13.2. The first-order valence-corrected chi connectivity index (χ1v) is 7.51. The molecule has 1 aromatic carbocycles. The summed E-state index contributed by atoms with van der Waals surface area (Å²) in [7, 11) is 3.58. The fraction of sp³-hybridized carbons (Fsp3) is 0.500. The molecule has 1 aromatic heterocycles. The van der Waals surface area contributed by atoms with Gasteiger partial charge in [0.2, 0.25) is 5.95 Å². The Kier molecular flexibility index (Phi) is 4.11. The van der Waals surface area contributed by atoms with Gasteiger partial charge in [0.15, 0.2) is 5.82 Å². The second-order valence-electron chi connectivity index (χ2n) is 5.87. The third kappa shape index (κ3) is 2.59. The van der Waals surface area contributed by atoms with Crippen molar-refractivity contribution in [1.82, 2.24) is 14.8 Å². The van der Waals surface area contributed by atoms with Gasteiger partial charge in [-0.25, -0.2) is 4.39 Å². The van der Waals surface area contributed by atoms with Crippen LogP contribution in [0.3, 0.4) is 0 Å². The minimum absolute atomic E-state index is 0.119. The quantitative estimate of drug-likeness (QED) is 0.871. The number of methoxy groups -OCH3 is 1. The Hall–Kier alpha value is -1.95. The molecular formula is C16H21FN4O. The smallest absolute Gasteiger partial charge is 0.227 e. The van der Waals surface area contributed by atoms with Crippen molar-refractivity contribution in [2.75, 3.05) is 18.6 Å². The third-order valence-electron chi connectivity index (χ3n) is 4.36. The molecule has 2 atom stereocenters. The SMILES string of the molecule is COCc1nnc(N2CCC(C)C2c2cccc(F)c2)n1C. The van der Waals surface area contributed by atoms with Crippen LogP contribution in [0.2, 0.25) is 0 Å². The summed E-state index contributed by atoms with van der Waals surface area (Å²) in [5.41, 5.74) is 0.987. The number of rotatable bonds is 4. The number of hydrogen-bond acceptors (Lipinski definition) is 4. The Morgan fingerprint density at radius 3 is 2.91 bits per heavy atom. The second kappa shape index (κ2) is 6.04. The molecular weight excluding hydrogens is 283 g/mol. The molecule has 0 aliphatic carbocycles. The molecule has 0 radical (unpaired) electrons. The number of nitrogens with zero attached hydrogens (tertiary/aromatic N) is 4. The highest BCUT2D eigenvalue weighted by atomic mass is 19.1. The van der Waals surface area contributed by atoms with Gasteiger partial charge in [-0.3, -0.25) is 4.57 Å². The molecule has 1 saturated heterocycles. The molecule has 1 aliphatic heterocycles. The lowest BCUT2D eigenvalue weighted by Crippen LogP contribution is -2.27. The molecule has 2 unspecified atom stereocenters. The normalized spacial score (nSPS) is 21.5. The molecule has 0 spiro atoms. The Morgan fingerprint density at radius 2 is 2.18 bits per heavy atom. The Labute approximate surface area is 129 Å². The van der Waals surface area contributed by atoms with E-state index in [9.17, 15) is 4.39 Å². The lowest BCUT2D eigenvalue weighted by atomic mass is 9.95. The molecule has 5 nitrogen and oxygen atoms in total. The van der Waals surface area contributed by atoms with Crippen molar-refractivity contribution in [3.63, 3.8) is 0 Å². The number of aromatic nitrogens is 3. The van der Waals surface area contributed by atoms with Gasteiger partial charge >= 0.3 is 0 Å². The third-order valence-corrected chi connectivity index (χ3v) is 4.36. The van der Waals surface area contributed by atoms with Gasteiger partial charge in [-0.1, -0.05) is 19.1 Å². The molecule has 1 aliphatic rings. The van der Waals surface area contributed by atoms with Gasteiger partial charge < -0.3 is 9.64 Å². The fourth-order valence-corrected chi connectivity index (χ4v) is 3.23. The Balaban J connectivity index is 1.95. The molecule has 118 valence electrons. The summed E-state index contributed by atoms with van der Waals surface area (Å²) in [6.07, 6.45) is 1.05. The highest BCUT2D eigenvalue weighted by Crippen LogP contribution is 2.39. The maximum atomic E-state index is 13.6. The first-order chi connectivity index (χ1) is 10.6. The highest BCUT2D eigenvalue weighted by molar-refractivity contribution is 5.40. The van der Waals surface area contributed by atoms with Crippen LogP contribution in [-0.4, -0.2) is 28.4 Å². The number of anilines is 1. The predicted molar refractivity (Wildman–Crippen MR) is 82.0 cm³/mol. The van der Waals surface area contributed by atoms with E-state index in [1.54, 1.807) is 19.2 Å². The van der Waals surface area contributed by atoms with Crippen molar-refractivity contribution in [2.45, 2.75) is 26.0 Å². The lowest BCUT2D eigenvalue weighted by Gasteiger charge is -2.28. The number of hydrogen-bond donors (Lipinski definition) is 0. The molecule has 3 rings (SSSR count). The van der Waals surface area contributed by atoms with E-state index in [1.807, 2.05) is 17.7 Å². The molecule has 0 bridgehead atoms. The number of ether oxygens (including phenoxy) is 1. The van der Waals surface area contributed by atoms with E-state index in [0.29, 0.717) is 12.5 Å². The molecule has 22 heavy (non-hydrogen) atoms. The summed E-state index contributed by atoms with van der Waals surface area (Å²) in [5.74, 6) is 1.83. The van der Waals surface area contributed by atoms with E-state index in [0.717, 1.165) is 30.3 Å². The van der Waals surface area contributed by atoms with Crippen LogP contribution in [0.25, 0.3) is 0 Å². The molecule has 0 N–H and O–H groups in total. The van der Waals surface area contributed by atoms with Gasteiger partial charge in [0.25, 0.3) is 0 Å². The molecule has 2 aromatic rings. The van der Waals surface area contributed by atoms with E-state index in [4.69, 9.17) is 4.74 Å². The van der Waals surface area contributed by atoms with E-state index in [-0.39, 0.29) is 11.9 Å². The van der Waals surface area contributed by atoms with Crippen molar-refractivity contribution in [3.8, 4) is 0 Å². The molecule has 6 heteroatoms. The van der Waals surface area contributed by atoms with Crippen LogP contribution in [0, 0.1) is 11.7 Å². The molecule has 0 amide bonds. The topological polar surface area (TPSA) is 43.2 Å². The van der Waals surface area contributed by atoms with Crippen molar-refractivity contribution < 1.29 is 9.13 Å². The largest absolute Gasteiger partial charge is 0.377 e. The monoisotopic (exact) mass is 304 g/mol. The van der Waals surface area contributed by atoms with Crippen LogP contribution in [0.4, 0.5) is 10.3 Å². The van der Waals surface area contributed by atoms with E-state index >= 15 is 0 Å². The van der Waals surface area contributed by atoms with Crippen LogP contribution >= 0.6 is 0 Å². The van der Waals surface area contributed by atoms with Crippen LogP contribution in [0.1, 0.15) is 30.8 Å². The van der Waals surface area contributed by atoms with Crippen molar-refractivity contribution >= 4 is 5.95 Å². The van der Waals surface area contributed by atoms with E-state index in [2.05, 4.69) is 22.0 Å². The van der Waals surface area contributed by atoms with E-state index < -0.39 is 0 Å². The van der Waals surface area contributed by atoms with Gasteiger partial charge in [0.05, 0.1) is 6.04 Å². The van der Waals surface area contributed by atoms with Crippen LogP contribution in [0.5, 0.6) is 0 Å². The highest BCUT2D eigenvalue weighted by Gasteiger charge is 2.35. The Bertz CT molecular complexity index is 657. The van der Waals surface area contributed by atoms with Gasteiger partial charge in [-0.15, -0.1) is 10.2 Å². The van der Waals surface area contributed by atoms with Crippen LogP contribution in [-0.2, 0) is 18.4 Å². The minimum atomic E-state index is -0.199. The standard InChI is InChI=1S/C16H21FN4O/c1-11-7-8-21(15(11)12-5-4-6-13(17)9-12)16-19-18-14(10-22-3)20(16)2/h4-6,9,11,15H,7-8,10H2,1-3H3. The minimum Gasteiger partial charge on any atom is -0.377 e. The van der Waals surface area contributed by atoms with Gasteiger partial charge in [-0.2, -0.15) is 0 Å². The summed E-state index contributed by atoms with van der Waals surface area (Å²) >= 11 is 0. The molecule has 2 heterocycles. The van der Waals surface area contributed by atoms with Crippen LogP contribution in [0.15, 0.2) is 24.3 Å². The summed E-state index contributed by atoms with van der Waals surface area (Å²) < 4.78 is 20.7. The van der Waals surface area contributed by atoms with Crippen LogP contribution < -0.4 is 4.90 Å². The molecule has 1 fully saturated rings. The average Bonchev–Trinajstić information content (AvgIpc) is 3.03. The summed E-state index contributed by atoms with van der Waals surface area (Å²) in [4.78, 5) is 2.21. The molecule has 0 saturated carbocycles. The predicted octanol–water partition coefficient (Wildman–Crippen LogP) is 2.69. The first kappa shape index (κ1) is 15.0. The van der Waals surface area contributed by atoms with Crippen molar-refractivity contribution in [3.05, 3.63) is 41.5 Å². The second-order valence-corrected chi connectivity index (χ2v) is 5.87. The Morgan fingerprint density at radius 1 is 1.36 bits per heavy atom. The summed E-state index contributed by atoms with van der Waals surface area (Å²) in [6, 6.07) is 6.96. The maximum Gasteiger partial charge on any atom is 0.227 e. The van der Waals surface area contributed by atoms with E-state index in [1.165, 1.54) is 6.07 Å². The number of benzene rings is 1. The zero-order valence-corrected chi connectivity index (χ0v) is 13.2.